The van der Waals surface area contributed by atoms with Gasteiger partial charge in [-0.2, -0.15) is 0 Å². The molecule has 0 heterocycles. The molecule has 340 valence electrons. The average molecular weight is 835 g/mol. The molecule has 0 aliphatic heterocycles. The van der Waals surface area contributed by atoms with E-state index in [1.165, 1.54) is 103 Å². The minimum absolute atomic E-state index is 0.156. The molecule has 0 saturated heterocycles. The van der Waals surface area contributed by atoms with Crippen LogP contribution in [0.5, 0.6) is 11.5 Å². The summed E-state index contributed by atoms with van der Waals surface area (Å²) in [6, 6.07) is 5.15. The third-order valence-electron chi connectivity index (χ3n) is 10.3. The fourth-order valence-electron chi connectivity index (χ4n) is 6.65. The molecule has 0 amide bonds. The van der Waals surface area contributed by atoms with Crippen molar-refractivity contribution in [3.8, 4) is 11.5 Å². The molecule has 0 N–H and O–H groups in total. The highest BCUT2D eigenvalue weighted by atomic mass is 16.5. The molecule has 0 radical (unpaired) electrons. The number of hydrogen-bond acceptors (Lipinski definition) is 7. The van der Waals surface area contributed by atoms with Crippen LogP contribution in [0.25, 0.3) is 0 Å². The molecular weight excluding hydrogens is 749 g/mol. The van der Waals surface area contributed by atoms with Gasteiger partial charge in [0.15, 0.2) is 0 Å². The number of ether oxygens (including phenoxy) is 4. The zero-order valence-electron chi connectivity index (χ0n) is 38.3. The van der Waals surface area contributed by atoms with E-state index in [1.54, 1.807) is 18.2 Å². The van der Waals surface area contributed by atoms with Gasteiger partial charge in [0.25, 0.3) is 0 Å². The number of aldehydes is 1. The zero-order valence-corrected chi connectivity index (χ0v) is 38.3. The van der Waals surface area contributed by atoms with E-state index in [2.05, 4.69) is 62.5 Å². The lowest BCUT2D eigenvalue weighted by Gasteiger charge is -2.11. The predicted octanol–water partition coefficient (Wildman–Crippen LogP) is 15.3. The summed E-state index contributed by atoms with van der Waals surface area (Å²) in [6.45, 7) is 6.33. The summed E-state index contributed by atoms with van der Waals surface area (Å²) in [5.41, 5.74) is 0.475. The van der Waals surface area contributed by atoms with Gasteiger partial charge in [0, 0.05) is 24.5 Å². The number of unbranched alkanes of at least 4 members (excludes halogenated alkanes) is 20. The summed E-state index contributed by atoms with van der Waals surface area (Å²) in [6.07, 6.45) is 51.2. The van der Waals surface area contributed by atoms with Gasteiger partial charge < -0.3 is 18.9 Å². The van der Waals surface area contributed by atoms with Crippen LogP contribution in [0, 0.1) is 0 Å². The van der Waals surface area contributed by atoms with E-state index in [0.717, 1.165) is 57.7 Å². The van der Waals surface area contributed by atoms with Crippen LogP contribution >= 0.6 is 0 Å². The second-order valence-electron chi connectivity index (χ2n) is 16.1. The van der Waals surface area contributed by atoms with Crippen molar-refractivity contribution < 1.29 is 33.3 Å². The molecule has 1 aromatic carbocycles. The van der Waals surface area contributed by atoms with Crippen molar-refractivity contribution in [1.29, 1.82) is 0 Å². The topological polar surface area (TPSA) is 88.1 Å². The normalized spacial score (nSPS) is 11.7. The Labute approximate surface area is 367 Å². The molecule has 0 aromatic heterocycles. The smallest absolute Gasteiger partial charge is 0.305 e. The Kier molecular flexibility index (Phi) is 39.4. The van der Waals surface area contributed by atoms with Gasteiger partial charge in [0.2, 0.25) is 0 Å². The second-order valence-corrected chi connectivity index (χ2v) is 16.1. The lowest BCUT2D eigenvalue weighted by molar-refractivity contribution is -0.144. The minimum atomic E-state index is -0.156. The SMILES string of the molecule is CCCCC/C=C\C/C=C\CCCCCCCCOC(=O)CCCCOc1cc(C=O)cc(OCCCCC(=O)OCCCCCCCC/C=C\C/C=C\CCCCC)c1. The third kappa shape index (κ3) is 37.4. The van der Waals surface area contributed by atoms with Crippen molar-refractivity contribution in [3.63, 3.8) is 0 Å². The Bertz CT molecular complexity index is 1190. The number of hydrogen-bond donors (Lipinski definition) is 0. The van der Waals surface area contributed by atoms with Gasteiger partial charge in [-0.25, -0.2) is 0 Å². The summed E-state index contributed by atoms with van der Waals surface area (Å²) in [5.74, 6) is 0.804. The van der Waals surface area contributed by atoms with Crippen LogP contribution in [0.4, 0.5) is 0 Å². The number of rotatable bonds is 43. The van der Waals surface area contributed by atoms with Crippen molar-refractivity contribution in [2.75, 3.05) is 26.4 Å². The van der Waals surface area contributed by atoms with E-state index in [9.17, 15) is 14.4 Å². The van der Waals surface area contributed by atoms with E-state index >= 15 is 0 Å². The summed E-state index contributed by atoms with van der Waals surface area (Å²) in [7, 11) is 0. The fraction of sp³-hybridized carbons (Fsp3) is 0.679. The Balaban J connectivity index is 2.00. The molecule has 0 unspecified atom stereocenters. The van der Waals surface area contributed by atoms with E-state index < -0.39 is 0 Å². The molecular formula is C53H86O7. The van der Waals surface area contributed by atoms with Crippen LogP contribution in [-0.4, -0.2) is 44.7 Å². The van der Waals surface area contributed by atoms with E-state index in [-0.39, 0.29) is 11.9 Å². The molecule has 0 bridgehead atoms. The van der Waals surface area contributed by atoms with Gasteiger partial charge in [0.1, 0.15) is 17.8 Å². The maximum atomic E-state index is 12.2. The summed E-state index contributed by atoms with van der Waals surface area (Å²) < 4.78 is 22.6. The predicted molar refractivity (Wildman–Crippen MR) is 251 cm³/mol. The zero-order chi connectivity index (χ0) is 43.2. The van der Waals surface area contributed by atoms with Gasteiger partial charge >= 0.3 is 11.9 Å². The van der Waals surface area contributed by atoms with Crippen molar-refractivity contribution in [2.24, 2.45) is 0 Å². The Morgan fingerprint density at radius 1 is 0.417 bits per heavy atom. The van der Waals surface area contributed by atoms with Crippen molar-refractivity contribution >= 4 is 18.2 Å². The number of allylic oxidation sites excluding steroid dienone is 8. The molecule has 60 heavy (non-hydrogen) atoms. The minimum Gasteiger partial charge on any atom is -0.493 e. The van der Waals surface area contributed by atoms with Crippen molar-refractivity contribution in [1.82, 2.24) is 0 Å². The lowest BCUT2D eigenvalue weighted by Crippen LogP contribution is -2.07. The van der Waals surface area contributed by atoms with Crippen molar-refractivity contribution in [3.05, 3.63) is 72.4 Å². The molecule has 1 rings (SSSR count). The molecule has 0 atom stereocenters. The first kappa shape index (κ1) is 54.4. The first-order valence-corrected chi connectivity index (χ1v) is 24.4. The molecule has 0 spiro atoms. The summed E-state index contributed by atoms with van der Waals surface area (Å²) in [4.78, 5) is 35.8. The van der Waals surface area contributed by atoms with Crippen LogP contribution in [0.1, 0.15) is 217 Å². The standard InChI is InChI=1S/C53H86O7/c1-3-5-7-9-11-13-15-17-19-21-23-25-27-29-31-35-43-59-52(55)39-33-37-41-57-50-45-49(48-54)46-51(47-50)58-42-38-34-40-53(56)60-44-36-32-30-28-26-24-22-20-18-16-14-12-10-8-6-4-2/h11-14,17-20,45-48H,3-10,15-16,21-44H2,1-2H3/b13-11-,14-12-,19-17-,20-18-. The van der Waals surface area contributed by atoms with Gasteiger partial charge in [-0.05, 0) is 115 Å². The summed E-state index contributed by atoms with van der Waals surface area (Å²) in [5, 5.41) is 0. The van der Waals surface area contributed by atoms with Crippen molar-refractivity contribution in [2.45, 2.75) is 206 Å². The highest BCUT2D eigenvalue weighted by Gasteiger charge is 2.07. The second kappa shape index (κ2) is 43.5. The molecule has 1 aromatic rings. The van der Waals surface area contributed by atoms with Gasteiger partial charge in [-0.15, -0.1) is 0 Å². The Morgan fingerprint density at radius 2 is 0.767 bits per heavy atom. The maximum absolute atomic E-state index is 12.2. The molecule has 0 fully saturated rings. The van der Waals surface area contributed by atoms with Crippen LogP contribution in [0.2, 0.25) is 0 Å². The van der Waals surface area contributed by atoms with Gasteiger partial charge in [-0.1, -0.05) is 140 Å². The third-order valence-corrected chi connectivity index (χ3v) is 10.3. The van der Waals surface area contributed by atoms with Gasteiger partial charge in [0.05, 0.1) is 26.4 Å². The lowest BCUT2D eigenvalue weighted by atomic mass is 10.1. The van der Waals surface area contributed by atoms with Crippen LogP contribution in [0.3, 0.4) is 0 Å². The number of carbonyl (C=O) groups excluding carboxylic acids is 3. The molecule has 7 heteroatoms. The first-order valence-electron chi connectivity index (χ1n) is 24.4. The average Bonchev–Trinajstić information content (AvgIpc) is 3.25. The van der Waals surface area contributed by atoms with E-state index in [1.807, 2.05) is 0 Å². The first-order chi connectivity index (χ1) is 29.6. The molecule has 0 aliphatic carbocycles. The monoisotopic (exact) mass is 835 g/mol. The maximum Gasteiger partial charge on any atom is 0.305 e. The van der Waals surface area contributed by atoms with Crippen LogP contribution in [-0.2, 0) is 19.1 Å². The number of esters is 2. The molecule has 0 aliphatic rings. The quantitative estimate of drug-likeness (QED) is 0.0280. The number of benzene rings is 1. The Morgan fingerprint density at radius 3 is 1.15 bits per heavy atom. The van der Waals surface area contributed by atoms with E-state index in [0.29, 0.717) is 82.0 Å². The molecule has 0 saturated carbocycles. The van der Waals surface area contributed by atoms with Crippen LogP contribution in [0.15, 0.2) is 66.8 Å². The van der Waals surface area contributed by atoms with E-state index in [4.69, 9.17) is 18.9 Å². The molecule has 7 nitrogen and oxygen atoms in total. The number of carbonyl (C=O) groups is 3. The fourth-order valence-corrected chi connectivity index (χ4v) is 6.65. The van der Waals surface area contributed by atoms with Crippen LogP contribution < -0.4 is 9.47 Å². The highest BCUT2D eigenvalue weighted by Crippen LogP contribution is 2.23. The largest absolute Gasteiger partial charge is 0.493 e. The summed E-state index contributed by atoms with van der Waals surface area (Å²) >= 11 is 0. The Hall–Kier alpha value is -3.61. The highest BCUT2D eigenvalue weighted by molar-refractivity contribution is 5.76. The van der Waals surface area contributed by atoms with Gasteiger partial charge in [-0.3, -0.25) is 14.4 Å².